The first-order chi connectivity index (χ1) is 27.0. The van der Waals surface area contributed by atoms with Crippen molar-refractivity contribution in [3.05, 3.63) is 60.8 Å². The molecule has 0 spiro atoms. The number of ether oxygens (including phenoxy) is 2. The summed E-state index contributed by atoms with van der Waals surface area (Å²) >= 11 is 0. The second-order valence-electron chi connectivity index (χ2n) is 15.7. The second kappa shape index (κ2) is 38.2. The molecule has 1 unspecified atom stereocenters. The Morgan fingerprint density at radius 3 is 1.54 bits per heavy atom. The summed E-state index contributed by atoms with van der Waals surface area (Å²) in [6.07, 6.45) is 45.3. The lowest BCUT2D eigenvalue weighted by molar-refractivity contribution is -0.870. The molecule has 0 saturated heterocycles. The van der Waals surface area contributed by atoms with Gasteiger partial charge in [0.25, 0.3) is 7.82 Å². The van der Waals surface area contributed by atoms with Crippen LogP contribution in [0.15, 0.2) is 60.8 Å². The molecule has 0 aromatic rings. The number of rotatable bonds is 39. The Balaban J connectivity index is 4.44. The zero-order valence-corrected chi connectivity index (χ0v) is 37.2. The van der Waals surface area contributed by atoms with Crippen LogP contribution >= 0.6 is 7.82 Å². The topological polar surface area (TPSA) is 111 Å². The van der Waals surface area contributed by atoms with Gasteiger partial charge < -0.3 is 27.9 Å². The van der Waals surface area contributed by atoms with Crippen molar-refractivity contribution in [1.82, 2.24) is 0 Å². The smallest absolute Gasteiger partial charge is 0.306 e. The molecule has 0 aromatic carbocycles. The van der Waals surface area contributed by atoms with Gasteiger partial charge in [0.2, 0.25) is 0 Å². The minimum absolute atomic E-state index is 0.0401. The molecule has 0 heterocycles. The molecule has 0 aliphatic heterocycles. The fraction of sp³-hybridized carbons (Fsp3) is 0.739. The van der Waals surface area contributed by atoms with Gasteiger partial charge >= 0.3 is 11.9 Å². The Morgan fingerprint density at radius 2 is 1.00 bits per heavy atom. The fourth-order valence-electron chi connectivity index (χ4n) is 5.52. The fourth-order valence-corrected chi connectivity index (χ4v) is 6.25. The average molecular weight is 808 g/mol. The Hall–Kier alpha value is -2.29. The molecule has 10 heteroatoms. The molecular weight excluding hydrogens is 725 g/mol. The van der Waals surface area contributed by atoms with Crippen molar-refractivity contribution in [3.8, 4) is 0 Å². The highest BCUT2D eigenvalue weighted by Gasteiger charge is 2.21. The summed E-state index contributed by atoms with van der Waals surface area (Å²) in [5, 5.41) is 0. The molecule has 0 rings (SSSR count). The highest BCUT2D eigenvalue weighted by molar-refractivity contribution is 7.45. The van der Waals surface area contributed by atoms with Gasteiger partial charge in [-0.15, -0.1) is 0 Å². The number of nitrogens with zero attached hydrogens (tertiary/aromatic N) is 1. The van der Waals surface area contributed by atoms with E-state index in [1.807, 2.05) is 21.1 Å². The van der Waals surface area contributed by atoms with E-state index >= 15 is 0 Å². The van der Waals surface area contributed by atoms with E-state index in [-0.39, 0.29) is 26.1 Å². The number of quaternary nitrogens is 1. The van der Waals surface area contributed by atoms with Crippen molar-refractivity contribution in [1.29, 1.82) is 0 Å². The van der Waals surface area contributed by atoms with E-state index in [2.05, 4.69) is 74.6 Å². The quantitative estimate of drug-likeness (QED) is 0.0198. The lowest BCUT2D eigenvalue weighted by Gasteiger charge is -2.28. The van der Waals surface area contributed by atoms with Crippen LogP contribution < -0.4 is 4.89 Å². The minimum Gasteiger partial charge on any atom is -0.756 e. The maximum atomic E-state index is 12.7. The van der Waals surface area contributed by atoms with Crippen LogP contribution in [-0.2, 0) is 32.7 Å². The molecule has 0 aromatic heterocycles. The largest absolute Gasteiger partial charge is 0.756 e. The van der Waals surface area contributed by atoms with Crippen molar-refractivity contribution in [2.75, 3.05) is 47.5 Å². The van der Waals surface area contributed by atoms with Crippen LogP contribution in [0.1, 0.15) is 168 Å². The van der Waals surface area contributed by atoms with Gasteiger partial charge in [-0.25, -0.2) is 0 Å². The van der Waals surface area contributed by atoms with E-state index < -0.39 is 32.5 Å². The number of hydrogen-bond donors (Lipinski definition) is 0. The average Bonchev–Trinajstić information content (AvgIpc) is 3.15. The van der Waals surface area contributed by atoms with Crippen molar-refractivity contribution in [2.45, 2.75) is 174 Å². The number of carbonyl (C=O) groups excluding carboxylic acids is 2. The highest BCUT2D eigenvalue weighted by Crippen LogP contribution is 2.38. The molecule has 0 aliphatic carbocycles. The number of esters is 2. The summed E-state index contributed by atoms with van der Waals surface area (Å²) in [5.41, 5.74) is 0. The second-order valence-corrected chi connectivity index (χ2v) is 17.1. The summed E-state index contributed by atoms with van der Waals surface area (Å²) in [6, 6.07) is 0. The Kier molecular flexibility index (Phi) is 36.7. The minimum atomic E-state index is -4.64. The first-order valence-electron chi connectivity index (χ1n) is 22.0. The Labute approximate surface area is 343 Å². The molecule has 0 amide bonds. The molecule has 0 radical (unpaired) electrons. The van der Waals surface area contributed by atoms with E-state index in [0.717, 1.165) is 77.0 Å². The van der Waals surface area contributed by atoms with Crippen LogP contribution in [-0.4, -0.2) is 70.0 Å². The zero-order chi connectivity index (χ0) is 41.4. The predicted octanol–water partition coefficient (Wildman–Crippen LogP) is 11.8. The third-order valence-corrected chi connectivity index (χ3v) is 9.96. The lowest BCUT2D eigenvalue weighted by atomic mass is 10.1. The summed E-state index contributed by atoms with van der Waals surface area (Å²) in [6.45, 7) is 4.09. The predicted molar refractivity (Wildman–Crippen MR) is 231 cm³/mol. The van der Waals surface area contributed by atoms with Crippen LogP contribution in [0, 0.1) is 0 Å². The van der Waals surface area contributed by atoms with Crippen molar-refractivity contribution < 1.29 is 42.1 Å². The SMILES string of the molecule is CCC/C=C/C/C=C/C/C=C/C/C=C/CCCCCC(=O)OC[C@H](COP(=O)([O-])OCC[N+](C)(C)C)OC(=O)CCCCCCC/C=C/CCCCCCCC. The summed E-state index contributed by atoms with van der Waals surface area (Å²) in [4.78, 5) is 37.5. The van der Waals surface area contributed by atoms with Gasteiger partial charge in [0.1, 0.15) is 19.8 Å². The van der Waals surface area contributed by atoms with Crippen LogP contribution in [0.2, 0.25) is 0 Å². The normalized spacial score (nSPS) is 14.2. The number of likely N-dealkylation sites (N-methyl/N-ethyl adjacent to an activating group) is 1. The van der Waals surface area contributed by atoms with Crippen molar-refractivity contribution in [2.24, 2.45) is 0 Å². The summed E-state index contributed by atoms with van der Waals surface area (Å²) in [7, 11) is 1.13. The van der Waals surface area contributed by atoms with Crippen molar-refractivity contribution >= 4 is 19.8 Å². The Bertz CT molecular complexity index is 1140. The third-order valence-electron chi connectivity index (χ3n) is 8.99. The summed E-state index contributed by atoms with van der Waals surface area (Å²) in [5.74, 6) is -0.885. The number of unbranched alkanes of at least 4 members (excludes halogenated alkanes) is 15. The van der Waals surface area contributed by atoms with Gasteiger partial charge in [-0.05, 0) is 77.0 Å². The monoisotopic (exact) mass is 808 g/mol. The number of hydrogen-bond acceptors (Lipinski definition) is 8. The molecule has 2 atom stereocenters. The molecule has 0 bridgehead atoms. The van der Waals surface area contributed by atoms with E-state index in [4.69, 9.17) is 18.5 Å². The van der Waals surface area contributed by atoms with Gasteiger partial charge in [0, 0.05) is 12.8 Å². The first-order valence-corrected chi connectivity index (χ1v) is 23.5. The maximum absolute atomic E-state index is 12.7. The Morgan fingerprint density at radius 1 is 0.554 bits per heavy atom. The molecule has 9 nitrogen and oxygen atoms in total. The standard InChI is InChI=1S/C46H82NO8P/c1-6-8-10-12-14-16-18-20-22-23-25-26-28-30-32-34-36-38-45(48)52-42-44(43-54-56(50,51)53-41-40-47(3,4)5)55-46(49)39-37-35-33-31-29-27-24-21-19-17-15-13-11-9-7-2/h10,12,16,18,21-24,26,28,44H,6-9,11,13-15,17,19-20,25,27,29-43H2,1-5H3/b12-10+,18-16+,23-22+,24-21+,28-26+/t44-/m1/s1. The third kappa shape index (κ3) is 41.3. The van der Waals surface area contributed by atoms with Gasteiger partial charge in [-0.1, -0.05) is 139 Å². The number of phosphoric ester groups is 1. The molecule has 324 valence electrons. The van der Waals surface area contributed by atoms with E-state index in [1.165, 1.54) is 51.4 Å². The van der Waals surface area contributed by atoms with Crippen LogP contribution in [0.3, 0.4) is 0 Å². The number of allylic oxidation sites excluding steroid dienone is 10. The highest BCUT2D eigenvalue weighted by atomic mass is 31.2. The van der Waals surface area contributed by atoms with Gasteiger partial charge in [-0.2, -0.15) is 0 Å². The van der Waals surface area contributed by atoms with E-state index in [9.17, 15) is 19.0 Å². The lowest BCUT2D eigenvalue weighted by Crippen LogP contribution is -2.37. The molecular formula is C46H82NO8P. The zero-order valence-electron chi connectivity index (χ0n) is 36.3. The van der Waals surface area contributed by atoms with Crippen molar-refractivity contribution in [3.63, 3.8) is 0 Å². The molecule has 0 saturated carbocycles. The molecule has 0 N–H and O–H groups in total. The molecule has 0 fully saturated rings. The maximum Gasteiger partial charge on any atom is 0.306 e. The van der Waals surface area contributed by atoms with Crippen LogP contribution in [0.25, 0.3) is 0 Å². The van der Waals surface area contributed by atoms with Gasteiger partial charge in [0.15, 0.2) is 6.10 Å². The summed E-state index contributed by atoms with van der Waals surface area (Å²) < 4.78 is 33.8. The van der Waals surface area contributed by atoms with E-state index in [0.29, 0.717) is 23.9 Å². The molecule has 0 aliphatic rings. The van der Waals surface area contributed by atoms with Crippen LogP contribution in [0.5, 0.6) is 0 Å². The van der Waals surface area contributed by atoms with Crippen LogP contribution in [0.4, 0.5) is 0 Å². The number of phosphoric acid groups is 1. The van der Waals surface area contributed by atoms with Gasteiger partial charge in [-0.3, -0.25) is 14.2 Å². The number of carbonyl (C=O) groups is 2. The van der Waals surface area contributed by atoms with E-state index in [1.54, 1.807) is 0 Å². The van der Waals surface area contributed by atoms with Gasteiger partial charge in [0.05, 0.1) is 27.7 Å². The molecule has 56 heavy (non-hydrogen) atoms. The first kappa shape index (κ1) is 53.7.